The maximum Gasteiger partial charge on any atom is 0.316 e. The SMILES string of the molecule is COc1nc(C)c(NC(=O)C2CCCC2)c(C)n1. The average molecular weight is 249 g/mol. The van der Waals surface area contributed by atoms with E-state index in [1.54, 1.807) is 0 Å². The molecule has 1 saturated carbocycles. The third kappa shape index (κ3) is 2.60. The van der Waals surface area contributed by atoms with E-state index in [0.29, 0.717) is 11.7 Å². The summed E-state index contributed by atoms with van der Waals surface area (Å²) in [6.45, 7) is 3.70. The number of nitrogens with zero attached hydrogens (tertiary/aromatic N) is 2. The van der Waals surface area contributed by atoms with Gasteiger partial charge in [-0.3, -0.25) is 4.79 Å². The molecule has 0 spiro atoms. The fraction of sp³-hybridized carbons (Fsp3) is 0.615. The molecule has 1 aromatic rings. The van der Waals surface area contributed by atoms with Crippen molar-refractivity contribution >= 4 is 11.6 Å². The Balaban J connectivity index is 2.15. The van der Waals surface area contributed by atoms with Crippen LogP contribution in [0, 0.1) is 19.8 Å². The van der Waals surface area contributed by atoms with E-state index in [1.807, 2.05) is 13.8 Å². The highest BCUT2D eigenvalue weighted by Gasteiger charge is 2.24. The third-order valence-corrected chi connectivity index (χ3v) is 3.41. The number of aryl methyl sites for hydroxylation is 2. The van der Waals surface area contributed by atoms with Gasteiger partial charge in [0.25, 0.3) is 0 Å². The number of carbonyl (C=O) groups excluding carboxylic acids is 1. The average Bonchev–Trinajstić information content (AvgIpc) is 2.87. The topological polar surface area (TPSA) is 64.1 Å². The third-order valence-electron chi connectivity index (χ3n) is 3.41. The summed E-state index contributed by atoms with van der Waals surface area (Å²) in [4.78, 5) is 20.4. The number of methoxy groups -OCH3 is 1. The van der Waals surface area contributed by atoms with Crippen molar-refractivity contribution in [1.82, 2.24) is 9.97 Å². The zero-order chi connectivity index (χ0) is 13.1. The van der Waals surface area contributed by atoms with E-state index >= 15 is 0 Å². The lowest BCUT2D eigenvalue weighted by Crippen LogP contribution is -2.22. The standard InChI is InChI=1S/C13H19N3O2/c1-8-11(9(2)15-13(14-8)18-3)16-12(17)10-6-4-5-7-10/h10H,4-7H2,1-3H3,(H,16,17). The van der Waals surface area contributed by atoms with Gasteiger partial charge in [-0.05, 0) is 26.7 Å². The maximum atomic E-state index is 12.1. The van der Waals surface area contributed by atoms with Crippen molar-refractivity contribution in [2.75, 3.05) is 12.4 Å². The van der Waals surface area contributed by atoms with Gasteiger partial charge in [0.05, 0.1) is 24.2 Å². The number of amides is 1. The van der Waals surface area contributed by atoms with Gasteiger partial charge in [0.15, 0.2) is 0 Å². The summed E-state index contributed by atoms with van der Waals surface area (Å²) in [5.74, 6) is 0.235. The van der Waals surface area contributed by atoms with Crippen LogP contribution in [0.4, 0.5) is 5.69 Å². The first kappa shape index (κ1) is 12.8. The Morgan fingerprint density at radius 1 is 1.22 bits per heavy atom. The van der Waals surface area contributed by atoms with Crippen LogP contribution in [0.2, 0.25) is 0 Å². The molecule has 0 unspecified atom stereocenters. The number of hydrogen-bond acceptors (Lipinski definition) is 4. The Morgan fingerprint density at radius 3 is 2.28 bits per heavy atom. The van der Waals surface area contributed by atoms with Crippen molar-refractivity contribution < 1.29 is 9.53 Å². The Labute approximate surface area is 107 Å². The lowest BCUT2D eigenvalue weighted by atomic mass is 10.1. The molecule has 1 amide bonds. The molecule has 1 heterocycles. The van der Waals surface area contributed by atoms with E-state index < -0.39 is 0 Å². The summed E-state index contributed by atoms with van der Waals surface area (Å²) in [5, 5.41) is 2.95. The molecule has 5 heteroatoms. The molecule has 1 N–H and O–H groups in total. The second kappa shape index (κ2) is 5.33. The summed E-state index contributed by atoms with van der Waals surface area (Å²) in [6.07, 6.45) is 4.27. The lowest BCUT2D eigenvalue weighted by molar-refractivity contribution is -0.119. The number of rotatable bonds is 3. The minimum Gasteiger partial charge on any atom is -0.467 e. The van der Waals surface area contributed by atoms with Crippen LogP contribution < -0.4 is 10.1 Å². The largest absolute Gasteiger partial charge is 0.467 e. The van der Waals surface area contributed by atoms with Crippen LogP contribution in [-0.2, 0) is 4.79 Å². The van der Waals surface area contributed by atoms with Crippen molar-refractivity contribution in [3.63, 3.8) is 0 Å². The summed E-state index contributed by atoms with van der Waals surface area (Å²) >= 11 is 0. The molecule has 1 aromatic heterocycles. The number of ether oxygens (including phenoxy) is 1. The van der Waals surface area contributed by atoms with Gasteiger partial charge < -0.3 is 10.1 Å². The molecule has 0 atom stereocenters. The van der Waals surface area contributed by atoms with Gasteiger partial charge in [-0.15, -0.1) is 0 Å². The number of carbonyl (C=O) groups is 1. The van der Waals surface area contributed by atoms with Gasteiger partial charge in [0, 0.05) is 5.92 Å². The summed E-state index contributed by atoms with van der Waals surface area (Å²) < 4.78 is 5.00. The Morgan fingerprint density at radius 2 is 1.78 bits per heavy atom. The fourth-order valence-corrected chi connectivity index (χ4v) is 2.37. The Bertz CT molecular complexity index is 431. The smallest absolute Gasteiger partial charge is 0.316 e. The molecule has 0 radical (unpaired) electrons. The van der Waals surface area contributed by atoms with E-state index in [0.717, 1.165) is 37.1 Å². The molecule has 98 valence electrons. The molecule has 0 aromatic carbocycles. The van der Waals surface area contributed by atoms with Crippen LogP contribution in [-0.4, -0.2) is 23.0 Å². The highest BCUT2D eigenvalue weighted by molar-refractivity contribution is 5.93. The van der Waals surface area contributed by atoms with Crippen LogP contribution in [0.3, 0.4) is 0 Å². The van der Waals surface area contributed by atoms with Crippen molar-refractivity contribution in [2.24, 2.45) is 5.92 Å². The molecule has 5 nitrogen and oxygen atoms in total. The Hall–Kier alpha value is -1.65. The van der Waals surface area contributed by atoms with Crippen molar-refractivity contribution in [3.8, 4) is 6.01 Å². The fourth-order valence-electron chi connectivity index (χ4n) is 2.37. The number of nitrogens with one attached hydrogen (secondary N) is 1. The highest BCUT2D eigenvalue weighted by atomic mass is 16.5. The van der Waals surface area contributed by atoms with Crippen molar-refractivity contribution in [2.45, 2.75) is 39.5 Å². The predicted octanol–water partition coefficient (Wildman–Crippen LogP) is 2.23. The van der Waals surface area contributed by atoms with Crippen LogP contribution >= 0.6 is 0 Å². The first-order chi connectivity index (χ1) is 8.61. The quantitative estimate of drug-likeness (QED) is 0.892. The van der Waals surface area contributed by atoms with Crippen LogP contribution in [0.15, 0.2) is 0 Å². The normalized spacial score (nSPS) is 15.7. The lowest BCUT2D eigenvalue weighted by Gasteiger charge is -2.14. The highest BCUT2D eigenvalue weighted by Crippen LogP contribution is 2.27. The molecule has 2 rings (SSSR count). The van der Waals surface area contributed by atoms with Crippen LogP contribution in [0.25, 0.3) is 0 Å². The second-order valence-corrected chi connectivity index (χ2v) is 4.73. The van der Waals surface area contributed by atoms with E-state index in [1.165, 1.54) is 7.11 Å². The maximum absolute atomic E-state index is 12.1. The number of aromatic nitrogens is 2. The first-order valence-electron chi connectivity index (χ1n) is 6.32. The molecular formula is C13H19N3O2. The van der Waals surface area contributed by atoms with Crippen LogP contribution in [0.1, 0.15) is 37.1 Å². The molecular weight excluding hydrogens is 230 g/mol. The number of anilines is 1. The van der Waals surface area contributed by atoms with E-state index in [9.17, 15) is 4.79 Å². The molecule has 1 aliphatic carbocycles. The van der Waals surface area contributed by atoms with Crippen LogP contribution in [0.5, 0.6) is 6.01 Å². The summed E-state index contributed by atoms with van der Waals surface area (Å²) in [7, 11) is 1.53. The molecule has 18 heavy (non-hydrogen) atoms. The minimum atomic E-state index is 0.0902. The molecule has 0 bridgehead atoms. The zero-order valence-corrected chi connectivity index (χ0v) is 11.1. The molecule has 1 fully saturated rings. The van der Waals surface area contributed by atoms with Gasteiger partial charge in [-0.1, -0.05) is 12.8 Å². The summed E-state index contributed by atoms with van der Waals surface area (Å²) in [5.41, 5.74) is 2.20. The number of hydrogen-bond donors (Lipinski definition) is 1. The van der Waals surface area contributed by atoms with Crippen molar-refractivity contribution in [3.05, 3.63) is 11.4 Å². The minimum absolute atomic E-state index is 0.0902. The molecule has 0 aliphatic heterocycles. The first-order valence-corrected chi connectivity index (χ1v) is 6.32. The second-order valence-electron chi connectivity index (χ2n) is 4.73. The van der Waals surface area contributed by atoms with E-state index in [-0.39, 0.29) is 11.8 Å². The van der Waals surface area contributed by atoms with Gasteiger partial charge in [-0.25, -0.2) is 0 Å². The molecule has 0 saturated heterocycles. The Kier molecular flexibility index (Phi) is 3.79. The zero-order valence-electron chi connectivity index (χ0n) is 11.1. The molecule has 1 aliphatic rings. The monoisotopic (exact) mass is 249 g/mol. The van der Waals surface area contributed by atoms with E-state index in [4.69, 9.17) is 4.74 Å². The van der Waals surface area contributed by atoms with Gasteiger partial charge >= 0.3 is 6.01 Å². The van der Waals surface area contributed by atoms with Gasteiger partial charge in [0.2, 0.25) is 5.91 Å². The van der Waals surface area contributed by atoms with E-state index in [2.05, 4.69) is 15.3 Å². The van der Waals surface area contributed by atoms with Gasteiger partial charge in [0.1, 0.15) is 0 Å². The van der Waals surface area contributed by atoms with Gasteiger partial charge in [-0.2, -0.15) is 9.97 Å². The predicted molar refractivity (Wildman–Crippen MR) is 68.6 cm³/mol. The van der Waals surface area contributed by atoms with Crippen molar-refractivity contribution in [1.29, 1.82) is 0 Å². The summed E-state index contributed by atoms with van der Waals surface area (Å²) in [6, 6.07) is 0.337.